The lowest BCUT2D eigenvalue weighted by Crippen LogP contribution is -1.85. The van der Waals surface area contributed by atoms with Crippen LogP contribution in [0.3, 0.4) is 0 Å². The summed E-state index contributed by atoms with van der Waals surface area (Å²) in [5.74, 6) is 1.59. The molecular weight excluding hydrogens is 180 g/mol. The van der Waals surface area contributed by atoms with Crippen molar-refractivity contribution in [2.75, 3.05) is 6.61 Å². The topological polar surface area (TPSA) is 63.7 Å². The van der Waals surface area contributed by atoms with Gasteiger partial charge in [-0.25, -0.2) is 0 Å². The smallest absolute Gasteiger partial charge is 0.204 e. The van der Waals surface area contributed by atoms with Crippen LogP contribution in [0.15, 0.2) is 18.2 Å². The van der Waals surface area contributed by atoms with Crippen molar-refractivity contribution in [2.24, 2.45) is 0 Å². The second-order valence-electron chi connectivity index (χ2n) is 3.16. The summed E-state index contributed by atoms with van der Waals surface area (Å²) in [7, 11) is 0. The average molecular weight is 188 g/mol. The van der Waals surface area contributed by atoms with Gasteiger partial charge in [-0.1, -0.05) is 0 Å². The van der Waals surface area contributed by atoms with Crippen molar-refractivity contribution < 1.29 is 4.74 Å². The number of tetrazole rings is 1. The highest BCUT2D eigenvalue weighted by Crippen LogP contribution is 2.28. The Labute approximate surface area is 80.1 Å². The van der Waals surface area contributed by atoms with Crippen molar-refractivity contribution >= 4 is 0 Å². The fourth-order valence-corrected chi connectivity index (χ4v) is 1.61. The van der Waals surface area contributed by atoms with Gasteiger partial charge in [0.05, 0.1) is 6.61 Å². The molecular formula is C9H8N4O. The van der Waals surface area contributed by atoms with Crippen LogP contribution < -0.4 is 4.74 Å². The standard InChI is InChI=1S/C9H8N4O/c1-2-8-6(3-4-14-8)5-7(1)9-10-12-13-11-9/h1-2,5H,3-4H2,(H,10,11,12,13). The fraction of sp³-hybridized carbons (Fsp3) is 0.222. The summed E-state index contributed by atoms with van der Waals surface area (Å²) in [5, 5.41) is 13.8. The normalized spacial score (nSPS) is 13.7. The second-order valence-corrected chi connectivity index (χ2v) is 3.16. The maximum absolute atomic E-state index is 5.41. The van der Waals surface area contributed by atoms with Gasteiger partial charge in [0.1, 0.15) is 5.75 Å². The molecule has 0 radical (unpaired) electrons. The molecule has 1 aliphatic heterocycles. The van der Waals surface area contributed by atoms with E-state index >= 15 is 0 Å². The molecule has 1 aliphatic rings. The largest absolute Gasteiger partial charge is 0.493 e. The van der Waals surface area contributed by atoms with Crippen molar-refractivity contribution in [2.45, 2.75) is 6.42 Å². The van der Waals surface area contributed by atoms with Crippen molar-refractivity contribution in [3.05, 3.63) is 23.8 Å². The number of ether oxygens (including phenoxy) is 1. The molecule has 0 fully saturated rings. The van der Waals surface area contributed by atoms with Gasteiger partial charge < -0.3 is 4.74 Å². The summed E-state index contributed by atoms with van der Waals surface area (Å²) in [6, 6.07) is 5.94. The van der Waals surface area contributed by atoms with E-state index in [1.54, 1.807) is 0 Å². The molecule has 0 aliphatic carbocycles. The molecule has 0 atom stereocenters. The van der Waals surface area contributed by atoms with Crippen LogP contribution in [0.4, 0.5) is 0 Å². The van der Waals surface area contributed by atoms with Gasteiger partial charge in [-0.3, -0.25) is 0 Å². The molecule has 0 unspecified atom stereocenters. The number of nitrogens with one attached hydrogen (secondary N) is 1. The number of rotatable bonds is 1. The quantitative estimate of drug-likeness (QED) is 0.719. The first-order valence-electron chi connectivity index (χ1n) is 4.43. The van der Waals surface area contributed by atoms with Gasteiger partial charge in [0.15, 0.2) is 0 Å². The van der Waals surface area contributed by atoms with Crippen LogP contribution >= 0.6 is 0 Å². The zero-order valence-electron chi connectivity index (χ0n) is 7.40. The lowest BCUT2D eigenvalue weighted by Gasteiger charge is -1.99. The Morgan fingerprint density at radius 1 is 1.36 bits per heavy atom. The Kier molecular flexibility index (Phi) is 1.50. The molecule has 5 heteroatoms. The van der Waals surface area contributed by atoms with Crippen molar-refractivity contribution in [1.29, 1.82) is 0 Å². The van der Waals surface area contributed by atoms with Crippen LogP contribution in [0.5, 0.6) is 5.75 Å². The SMILES string of the molecule is c1cc2c(cc1-c1nn[nH]n1)CCO2. The number of fused-ring (bicyclic) bond motifs is 1. The van der Waals surface area contributed by atoms with E-state index in [0.29, 0.717) is 5.82 Å². The number of aromatic nitrogens is 4. The van der Waals surface area contributed by atoms with E-state index in [0.717, 1.165) is 24.3 Å². The molecule has 2 aromatic rings. The van der Waals surface area contributed by atoms with Crippen molar-refractivity contribution in [3.63, 3.8) is 0 Å². The van der Waals surface area contributed by atoms with E-state index in [1.165, 1.54) is 5.56 Å². The Hall–Kier alpha value is -1.91. The summed E-state index contributed by atoms with van der Waals surface area (Å²) < 4.78 is 5.41. The molecule has 70 valence electrons. The Balaban J connectivity index is 2.09. The molecule has 14 heavy (non-hydrogen) atoms. The van der Waals surface area contributed by atoms with Crippen LogP contribution in [-0.4, -0.2) is 27.2 Å². The molecule has 0 bridgehead atoms. The first-order chi connectivity index (χ1) is 6.93. The molecule has 0 spiro atoms. The van der Waals surface area contributed by atoms with E-state index in [2.05, 4.69) is 20.6 Å². The minimum atomic E-state index is 0.625. The van der Waals surface area contributed by atoms with Gasteiger partial charge in [0, 0.05) is 12.0 Å². The number of nitrogens with zero attached hydrogens (tertiary/aromatic N) is 3. The Morgan fingerprint density at radius 2 is 2.36 bits per heavy atom. The van der Waals surface area contributed by atoms with Gasteiger partial charge in [0.25, 0.3) is 0 Å². The van der Waals surface area contributed by atoms with Gasteiger partial charge in [-0.05, 0) is 29.0 Å². The van der Waals surface area contributed by atoms with Crippen LogP contribution in [-0.2, 0) is 6.42 Å². The number of hydrogen-bond acceptors (Lipinski definition) is 4. The minimum Gasteiger partial charge on any atom is -0.493 e. The molecule has 0 saturated carbocycles. The summed E-state index contributed by atoms with van der Waals surface area (Å²) >= 11 is 0. The van der Waals surface area contributed by atoms with Gasteiger partial charge in [-0.15, -0.1) is 10.2 Å². The van der Waals surface area contributed by atoms with Crippen molar-refractivity contribution in [3.8, 4) is 17.1 Å². The van der Waals surface area contributed by atoms with E-state index in [4.69, 9.17) is 4.74 Å². The Morgan fingerprint density at radius 3 is 3.21 bits per heavy atom. The zero-order chi connectivity index (χ0) is 9.38. The first kappa shape index (κ1) is 7.49. The second kappa shape index (κ2) is 2.80. The lowest BCUT2D eigenvalue weighted by atomic mass is 10.1. The predicted molar refractivity (Wildman–Crippen MR) is 48.8 cm³/mol. The van der Waals surface area contributed by atoms with E-state index in [1.807, 2.05) is 18.2 Å². The van der Waals surface area contributed by atoms with Crippen molar-refractivity contribution in [1.82, 2.24) is 20.6 Å². The molecule has 0 amide bonds. The molecule has 3 rings (SSSR count). The fourth-order valence-electron chi connectivity index (χ4n) is 1.61. The molecule has 0 saturated heterocycles. The minimum absolute atomic E-state index is 0.625. The number of benzene rings is 1. The summed E-state index contributed by atoms with van der Waals surface area (Å²) in [5.41, 5.74) is 2.19. The number of H-pyrrole nitrogens is 1. The van der Waals surface area contributed by atoms with Crippen LogP contribution in [0.25, 0.3) is 11.4 Å². The first-order valence-corrected chi connectivity index (χ1v) is 4.43. The van der Waals surface area contributed by atoms with Crippen LogP contribution in [0, 0.1) is 0 Å². The molecule has 1 aromatic carbocycles. The zero-order valence-corrected chi connectivity index (χ0v) is 7.40. The monoisotopic (exact) mass is 188 g/mol. The molecule has 2 heterocycles. The molecule has 1 N–H and O–H groups in total. The number of aromatic amines is 1. The highest BCUT2D eigenvalue weighted by molar-refractivity contribution is 5.58. The number of hydrogen-bond donors (Lipinski definition) is 1. The van der Waals surface area contributed by atoms with Crippen LogP contribution in [0.1, 0.15) is 5.56 Å². The third-order valence-electron chi connectivity index (χ3n) is 2.29. The molecule has 5 nitrogen and oxygen atoms in total. The van der Waals surface area contributed by atoms with E-state index < -0.39 is 0 Å². The maximum Gasteiger partial charge on any atom is 0.204 e. The highest BCUT2D eigenvalue weighted by Gasteiger charge is 2.13. The molecule has 1 aromatic heterocycles. The average Bonchev–Trinajstić information content (AvgIpc) is 2.88. The van der Waals surface area contributed by atoms with E-state index in [9.17, 15) is 0 Å². The third-order valence-corrected chi connectivity index (χ3v) is 2.29. The lowest BCUT2D eigenvalue weighted by molar-refractivity contribution is 0.357. The van der Waals surface area contributed by atoms with Gasteiger partial charge in [0.2, 0.25) is 5.82 Å². The predicted octanol–water partition coefficient (Wildman–Crippen LogP) is 0.802. The van der Waals surface area contributed by atoms with Gasteiger partial charge >= 0.3 is 0 Å². The Bertz CT molecular complexity index is 452. The highest BCUT2D eigenvalue weighted by atomic mass is 16.5. The summed E-state index contributed by atoms with van der Waals surface area (Å²) in [6.07, 6.45) is 0.959. The summed E-state index contributed by atoms with van der Waals surface area (Å²) in [6.45, 7) is 0.769. The van der Waals surface area contributed by atoms with E-state index in [-0.39, 0.29) is 0 Å². The maximum atomic E-state index is 5.41. The van der Waals surface area contributed by atoms with Crippen LogP contribution in [0.2, 0.25) is 0 Å². The van der Waals surface area contributed by atoms with Gasteiger partial charge in [-0.2, -0.15) is 5.21 Å². The summed E-state index contributed by atoms with van der Waals surface area (Å²) in [4.78, 5) is 0. The third kappa shape index (κ3) is 1.06.